The van der Waals surface area contributed by atoms with Gasteiger partial charge in [0.25, 0.3) is 0 Å². The number of ether oxygens (including phenoxy) is 2. The fourth-order valence-corrected chi connectivity index (χ4v) is 19.8. The number of hydrogen-bond donors (Lipinski definition) is 6. The summed E-state index contributed by atoms with van der Waals surface area (Å²) in [5, 5.41) is 25.7. The van der Waals surface area contributed by atoms with Crippen molar-refractivity contribution in [3.8, 4) is 0 Å². The van der Waals surface area contributed by atoms with Crippen molar-refractivity contribution < 1.29 is 19.1 Å². The number of rotatable bonds is 14. The van der Waals surface area contributed by atoms with Crippen molar-refractivity contribution in [1.82, 2.24) is 31.9 Å². The van der Waals surface area contributed by atoms with Crippen LogP contribution in [0.1, 0.15) is 229 Å². The Morgan fingerprint density at radius 1 is 0.432 bits per heavy atom. The van der Waals surface area contributed by atoms with Gasteiger partial charge in [-0.2, -0.15) is 0 Å². The van der Waals surface area contributed by atoms with Gasteiger partial charge in [-0.05, 0) is 197 Å². The molecule has 0 aromatic heterocycles. The molecule has 10 rings (SSSR count). The van der Waals surface area contributed by atoms with Gasteiger partial charge in [0.15, 0.2) is 0 Å². The van der Waals surface area contributed by atoms with E-state index >= 15 is 0 Å². The van der Waals surface area contributed by atoms with Crippen molar-refractivity contribution in [3.63, 3.8) is 0 Å². The van der Waals surface area contributed by atoms with Crippen LogP contribution >= 0.6 is 0 Å². The highest BCUT2D eigenvalue weighted by Gasteiger charge is 2.52. The molecular weight excluding hydrogens is 917 g/mol. The minimum atomic E-state index is -0.513. The number of esters is 1. The van der Waals surface area contributed by atoms with E-state index in [-0.39, 0.29) is 61.1 Å². The van der Waals surface area contributed by atoms with Crippen LogP contribution in [0.25, 0.3) is 0 Å². The van der Waals surface area contributed by atoms with Crippen LogP contribution < -0.4 is 31.9 Å². The first-order chi connectivity index (χ1) is 35.8. The van der Waals surface area contributed by atoms with E-state index in [0.29, 0.717) is 90.3 Å². The van der Waals surface area contributed by atoms with Gasteiger partial charge >= 0.3 is 5.97 Å². The Kier molecular flexibility index (Phi) is 19.4. The highest BCUT2D eigenvalue weighted by Crippen LogP contribution is 2.50. The molecule has 0 aromatic carbocycles. The van der Waals surface area contributed by atoms with Crippen LogP contribution in [0.3, 0.4) is 0 Å². The minimum absolute atomic E-state index is 0.0116. The molecule has 10 nitrogen and oxygen atoms in total. The largest absolute Gasteiger partial charge is 0.462 e. The summed E-state index contributed by atoms with van der Waals surface area (Å²) in [6, 6.07) is 0. The van der Waals surface area contributed by atoms with E-state index in [1.54, 1.807) is 0 Å². The number of aldehydes is 1. The van der Waals surface area contributed by atoms with Crippen LogP contribution in [0, 0.1) is 107 Å². The van der Waals surface area contributed by atoms with Crippen molar-refractivity contribution in [2.75, 3.05) is 0 Å². The van der Waals surface area contributed by atoms with Crippen LogP contribution in [0.4, 0.5) is 0 Å². The van der Waals surface area contributed by atoms with Gasteiger partial charge in [-0.1, -0.05) is 120 Å². The summed E-state index contributed by atoms with van der Waals surface area (Å²) in [5.41, 5.74) is 0. The van der Waals surface area contributed by atoms with Gasteiger partial charge in [0.2, 0.25) is 0 Å². The summed E-state index contributed by atoms with van der Waals surface area (Å²) in [4.78, 5) is 27.5. The molecule has 10 heteroatoms. The molecule has 0 amide bonds. The van der Waals surface area contributed by atoms with Crippen molar-refractivity contribution in [3.05, 3.63) is 0 Å². The standard InChI is InChI=1S/C64H112N6O4/c1-37-20-26-48(41(5)32-37)59-65-60(49-27-21-38(2)33-42(49)6)68-63(67-59)57-52-17-11-9-14-45(52)24-30-54(57)73-47(36-71)16-13-19-56(72)74-55-31-25-46-15-10-12-18-53(46)58(55)64-69-61(50-28-22-39(3)34-43(50)7)66-62(70-64)51-29-23-40(4)35-44(51)8/h36-55,57-70H,9-35H2,1-8H3. The molecule has 2 aliphatic heterocycles. The van der Waals surface area contributed by atoms with Gasteiger partial charge in [-0.25, -0.2) is 0 Å². The molecule has 8 aliphatic carbocycles. The lowest BCUT2D eigenvalue weighted by atomic mass is 9.63. The van der Waals surface area contributed by atoms with Crippen molar-refractivity contribution in [2.45, 2.75) is 284 Å². The molecule has 0 spiro atoms. The lowest BCUT2D eigenvalue weighted by Gasteiger charge is -2.55. The zero-order valence-corrected chi connectivity index (χ0v) is 48.4. The van der Waals surface area contributed by atoms with Crippen LogP contribution in [0.2, 0.25) is 0 Å². The molecule has 74 heavy (non-hydrogen) atoms. The highest BCUT2D eigenvalue weighted by atomic mass is 16.5. The molecule has 422 valence electrons. The summed E-state index contributed by atoms with van der Waals surface area (Å²) < 4.78 is 14.0. The number of fused-ring (bicyclic) bond motifs is 2. The molecular formula is C64H112N6O4. The second-order valence-corrected chi connectivity index (χ2v) is 29.1. The zero-order valence-electron chi connectivity index (χ0n) is 48.4. The van der Waals surface area contributed by atoms with E-state index in [4.69, 9.17) is 9.47 Å². The molecule has 0 bridgehead atoms. The van der Waals surface area contributed by atoms with Crippen LogP contribution in [-0.2, 0) is 19.1 Å². The molecule has 25 atom stereocenters. The first-order valence-electron chi connectivity index (χ1n) is 32.7. The first-order valence-corrected chi connectivity index (χ1v) is 32.7. The van der Waals surface area contributed by atoms with Gasteiger partial charge in [0.05, 0.1) is 43.1 Å². The van der Waals surface area contributed by atoms with E-state index in [0.717, 1.165) is 55.1 Å². The number of carbonyl (C=O) groups excluding carboxylic acids is 2. The topological polar surface area (TPSA) is 125 Å². The van der Waals surface area contributed by atoms with Crippen LogP contribution in [0.5, 0.6) is 0 Å². The second kappa shape index (κ2) is 25.5. The summed E-state index contributed by atoms with van der Waals surface area (Å²) >= 11 is 0. The third kappa shape index (κ3) is 13.0. The monoisotopic (exact) mass is 1030 g/mol. The fraction of sp³-hybridized carbons (Fsp3) is 0.969. The van der Waals surface area contributed by atoms with E-state index in [1.165, 1.54) is 135 Å². The number of carbonyl (C=O) groups is 2. The maximum absolute atomic E-state index is 14.3. The number of nitrogens with one attached hydrogen (secondary N) is 6. The van der Waals surface area contributed by atoms with Crippen molar-refractivity contribution >= 4 is 12.3 Å². The Balaban J connectivity index is 0.817. The molecule has 0 aromatic rings. The van der Waals surface area contributed by atoms with E-state index in [1.807, 2.05) is 0 Å². The first kappa shape index (κ1) is 56.1. The van der Waals surface area contributed by atoms with Gasteiger partial charge in [0, 0.05) is 18.3 Å². The Labute approximate surface area is 452 Å². The van der Waals surface area contributed by atoms with Gasteiger partial charge < -0.3 is 14.3 Å². The average molecular weight is 1030 g/mol. The quantitative estimate of drug-likeness (QED) is 0.0740. The summed E-state index contributed by atoms with van der Waals surface area (Å²) in [5.74, 6) is 11.4. The second-order valence-electron chi connectivity index (χ2n) is 29.1. The lowest BCUT2D eigenvalue weighted by Crippen LogP contribution is -2.75. The van der Waals surface area contributed by atoms with Gasteiger partial charge in [0.1, 0.15) is 18.5 Å². The zero-order chi connectivity index (χ0) is 51.6. The van der Waals surface area contributed by atoms with E-state index in [2.05, 4.69) is 87.3 Å². The maximum Gasteiger partial charge on any atom is 0.306 e. The third-order valence-corrected chi connectivity index (χ3v) is 23.7. The normalized spacial score (nSPS) is 49.9. The lowest BCUT2D eigenvalue weighted by molar-refractivity contribution is -0.162. The Bertz CT molecular complexity index is 1720. The summed E-state index contributed by atoms with van der Waals surface area (Å²) in [6.07, 6.45) is 33.7. The average Bonchev–Trinajstić information content (AvgIpc) is 3.38. The smallest absolute Gasteiger partial charge is 0.306 e. The van der Waals surface area contributed by atoms with Crippen molar-refractivity contribution in [2.24, 2.45) is 107 Å². The van der Waals surface area contributed by atoms with Gasteiger partial charge in [-0.3, -0.25) is 36.7 Å². The molecule has 2 heterocycles. The maximum atomic E-state index is 14.3. The van der Waals surface area contributed by atoms with Crippen molar-refractivity contribution in [1.29, 1.82) is 0 Å². The third-order valence-electron chi connectivity index (χ3n) is 23.7. The molecule has 25 unspecified atom stereocenters. The van der Waals surface area contributed by atoms with Crippen LogP contribution in [0.15, 0.2) is 0 Å². The summed E-state index contributed by atoms with van der Waals surface area (Å²) in [7, 11) is 0. The predicted molar refractivity (Wildman–Crippen MR) is 299 cm³/mol. The van der Waals surface area contributed by atoms with Gasteiger partial charge in [-0.15, -0.1) is 0 Å². The Morgan fingerprint density at radius 3 is 1.19 bits per heavy atom. The molecule has 0 radical (unpaired) electrons. The molecule has 10 fully saturated rings. The van der Waals surface area contributed by atoms with Crippen LogP contribution in [-0.4, -0.2) is 67.6 Å². The molecule has 2 saturated heterocycles. The minimum Gasteiger partial charge on any atom is -0.462 e. The molecule has 10 aliphatic rings. The Hall–Kier alpha value is -1.14. The Morgan fingerprint density at radius 2 is 0.797 bits per heavy atom. The number of hydrogen-bond acceptors (Lipinski definition) is 10. The highest BCUT2D eigenvalue weighted by molar-refractivity contribution is 5.69. The summed E-state index contributed by atoms with van der Waals surface area (Å²) in [6.45, 7) is 19.8. The molecule has 8 saturated carbocycles. The van der Waals surface area contributed by atoms with E-state index < -0.39 is 6.10 Å². The predicted octanol–water partition coefficient (Wildman–Crippen LogP) is 12.3. The fourth-order valence-electron chi connectivity index (χ4n) is 19.8. The van der Waals surface area contributed by atoms with E-state index in [9.17, 15) is 9.59 Å². The SMILES string of the molecule is CC1CCC(C2NC(C3CCC(C)CC3C)NC(C3C(OC(=O)CCCC(C=O)OC4CCC5CCCCC5C4C4NC(C5CCC(C)CC5C)NC(C5CCC(C)CC5C)N4)CCC4CCCCC43)N2)C(C)C1. The molecule has 6 N–H and O–H groups in total.